The normalized spacial score (nSPS) is 20.2. The predicted molar refractivity (Wildman–Crippen MR) is 73.0 cm³/mol. The van der Waals surface area contributed by atoms with Crippen molar-refractivity contribution in [2.45, 2.75) is 25.6 Å². The molecule has 0 saturated carbocycles. The summed E-state index contributed by atoms with van der Waals surface area (Å²) in [6.07, 6.45) is 2.49. The average molecular weight is 269 g/mol. The number of carbonyl (C=O) groups excluding carboxylic acids is 1. The van der Waals surface area contributed by atoms with Gasteiger partial charge in [0.1, 0.15) is 12.4 Å². The Morgan fingerprint density at radius 2 is 2.20 bits per heavy atom. The molecule has 0 spiro atoms. The summed E-state index contributed by atoms with van der Waals surface area (Å²) in [5, 5.41) is 11.3. The summed E-state index contributed by atoms with van der Waals surface area (Å²) in [4.78, 5) is 14.5. The molecule has 0 fully saturated rings. The number of rotatable bonds is 1. The van der Waals surface area contributed by atoms with E-state index in [4.69, 9.17) is 0 Å². The van der Waals surface area contributed by atoms with Crippen LogP contribution >= 0.6 is 0 Å². The van der Waals surface area contributed by atoms with Crippen LogP contribution in [0.3, 0.4) is 0 Å². The number of aromatic nitrogens is 3. The van der Waals surface area contributed by atoms with E-state index in [0.29, 0.717) is 6.54 Å². The Morgan fingerprint density at radius 3 is 3.10 bits per heavy atom. The number of amides is 1. The molecule has 1 amide bonds. The molecule has 4 rings (SSSR count). The Kier molecular flexibility index (Phi) is 2.48. The number of anilines is 1. The van der Waals surface area contributed by atoms with Gasteiger partial charge in [-0.25, -0.2) is 0 Å². The largest absolute Gasteiger partial charge is 0.373 e. The Hall–Kier alpha value is -2.37. The van der Waals surface area contributed by atoms with Gasteiger partial charge in [-0.1, -0.05) is 18.2 Å². The Morgan fingerprint density at radius 1 is 1.30 bits per heavy atom. The van der Waals surface area contributed by atoms with Gasteiger partial charge < -0.3 is 14.8 Å². The smallest absolute Gasteiger partial charge is 0.245 e. The highest BCUT2D eigenvalue weighted by Crippen LogP contribution is 2.26. The van der Waals surface area contributed by atoms with E-state index in [0.717, 1.165) is 31.0 Å². The number of hydrogen-bond donors (Lipinski definition) is 1. The molecule has 0 aliphatic carbocycles. The van der Waals surface area contributed by atoms with Gasteiger partial charge in [0.25, 0.3) is 0 Å². The predicted octanol–water partition coefficient (Wildman–Crippen LogP) is 0.657. The van der Waals surface area contributed by atoms with E-state index in [1.54, 1.807) is 6.33 Å². The Bertz CT molecular complexity index is 636. The fraction of sp³-hybridized carbons (Fsp3) is 0.357. The molecule has 0 bridgehead atoms. The van der Waals surface area contributed by atoms with Crippen LogP contribution in [0.25, 0.3) is 0 Å². The van der Waals surface area contributed by atoms with Gasteiger partial charge in [-0.05, 0) is 11.6 Å². The average Bonchev–Trinajstić information content (AvgIpc) is 3.11. The second-order valence-corrected chi connectivity index (χ2v) is 5.26. The molecule has 2 aromatic rings. The molecular formula is C14H15N5O. The highest BCUT2D eigenvalue weighted by atomic mass is 16.2. The molecule has 6 nitrogen and oxygen atoms in total. The fourth-order valence-corrected chi connectivity index (χ4v) is 2.92. The van der Waals surface area contributed by atoms with E-state index in [-0.39, 0.29) is 11.9 Å². The van der Waals surface area contributed by atoms with E-state index < -0.39 is 0 Å². The molecule has 2 aliphatic rings. The molecule has 20 heavy (non-hydrogen) atoms. The molecule has 102 valence electrons. The number of carbonyl (C=O) groups is 1. The van der Waals surface area contributed by atoms with Crippen LogP contribution < -0.4 is 5.32 Å². The van der Waals surface area contributed by atoms with Gasteiger partial charge in [-0.2, -0.15) is 0 Å². The van der Waals surface area contributed by atoms with Crippen LogP contribution in [-0.2, 0) is 24.3 Å². The number of fused-ring (bicyclic) bond motifs is 2. The van der Waals surface area contributed by atoms with Gasteiger partial charge >= 0.3 is 0 Å². The number of nitrogens with one attached hydrogen (secondary N) is 1. The van der Waals surface area contributed by atoms with Crippen molar-refractivity contribution in [3.8, 4) is 0 Å². The standard InChI is InChI=1S/C14H15N5O/c20-14(12-7-10-3-1-2-4-11(10)16-12)18-5-6-19-9-15-17-13(19)8-18/h1-4,9,12,16H,5-8H2. The zero-order chi connectivity index (χ0) is 13.5. The molecule has 0 saturated heterocycles. The minimum absolute atomic E-state index is 0.149. The quantitative estimate of drug-likeness (QED) is 0.826. The lowest BCUT2D eigenvalue weighted by Gasteiger charge is -2.29. The van der Waals surface area contributed by atoms with Crippen molar-refractivity contribution in [3.05, 3.63) is 42.0 Å². The molecule has 3 heterocycles. The first-order chi connectivity index (χ1) is 9.81. The van der Waals surface area contributed by atoms with Gasteiger partial charge in [0, 0.05) is 25.2 Å². The molecule has 6 heteroatoms. The SMILES string of the molecule is O=C(C1Cc2ccccc2N1)N1CCn2cnnc2C1. The van der Waals surface area contributed by atoms with Gasteiger partial charge in [0.2, 0.25) is 5.91 Å². The van der Waals surface area contributed by atoms with Gasteiger partial charge in [0.15, 0.2) is 5.82 Å². The second kappa shape index (κ2) is 4.33. The first kappa shape index (κ1) is 11.5. The maximum absolute atomic E-state index is 12.6. The molecule has 1 atom stereocenters. The van der Waals surface area contributed by atoms with Gasteiger partial charge in [-0.3, -0.25) is 4.79 Å². The summed E-state index contributed by atoms with van der Waals surface area (Å²) < 4.78 is 2.00. The monoisotopic (exact) mass is 269 g/mol. The minimum Gasteiger partial charge on any atom is -0.373 e. The third-order valence-electron chi connectivity index (χ3n) is 4.02. The lowest BCUT2D eigenvalue weighted by Crippen LogP contribution is -2.45. The van der Waals surface area contributed by atoms with Crippen LogP contribution in [0.5, 0.6) is 0 Å². The van der Waals surface area contributed by atoms with Crippen molar-refractivity contribution in [3.63, 3.8) is 0 Å². The van der Waals surface area contributed by atoms with Gasteiger partial charge in [-0.15, -0.1) is 10.2 Å². The van der Waals surface area contributed by atoms with Crippen LogP contribution in [0.1, 0.15) is 11.4 Å². The van der Waals surface area contributed by atoms with E-state index >= 15 is 0 Å². The van der Waals surface area contributed by atoms with Crippen LogP contribution in [0.15, 0.2) is 30.6 Å². The molecule has 1 unspecified atom stereocenters. The summed E-state index contributed by atoms with van der Waals surface area (Å²) in [5.41, 5.74) is 2.29. The summed E-state index contributed by atoms with van der Waals surface area (Å²) in [7, 11) is 0. The summed E-state index contributed by atoms with van der Waals surface area (Å²) >= 11 is 0. The maximum atomic E-state index is 12.6. The Balaban J connectivity index is 1.50. The van der Waals surface area contributed by atoms with Crippen LogP contribution in [0, 0.1) is 0 Å². The third kappa shape index (κ3) is 1.76. The maximum Gasteiger partial charge on any atom is 0.245 e. The third-order valence-corrected chi connectivity index (χ3v) is 4.02. The molecule has 1 N–H and O–H groups in total. The van der Waals surface area contributed by atoms with Crippen LogP contribution in [0.2, 0.25) is 0 Å². The van der Waals surface area contributed by atoms with Crippen LogP contribution in [-0.4, -0.2) is 38.2 Å². The summed E-state index contributed by atoms with van der Waals surface area (Å²) in [6.45, 7) is 2.04. The molecule has 2 aliphatic heterocycles. The van der Waals surface area contributed by atoms with Crippen molar-refractivity contribution in [2.24, 2.45) is 0 Å². The van der Waals surface area contributed by atoms with E-state index in [1.165, 1.54) is 5.56 Å². The zero-order valence-electron chi connectivity index (χ0n) is 11.0. The number of para-hydroxylation sites is 1. The van der Waals surface area contributed by atoms with Crippen molar-refractivity contribution < 1.29 is 4.79 Å². The highest BCUT2D eigenvalue weighted by molar-refractivity contribution is 5.87. The van der Waals surface area contributed by atoms with Crippen LogP contribution in [0.4, 0.5) is 5.69 Å². The molecule has 0 radical (unpaired) electrons. The van der Waals surface area contributed by atoms with Crippen molar-refractivity contribution >= 4 is 11.6 Å². The molecule has 1 aromatic carbocycles. The lowest BCUT2D eigenvalue weighted by atomic mass is 10.1. The van der Waals surface area contributed by atoms with Crippen molar-refractivity contribution in [1.82, 2.24) is 19.7 Å². The topological polar surface area (TPSA) is 63.1 Å². The van der Waals surface area contributed by atoms with Crippen molar-refractivity contribution in [2.75, 3.05) is 11.9 Å². The lowest BCUT2D eigenvalue weighted by molar-refractivity contribution is -0.133. The summed E-state index contributed by atoms with van der Waals surface area (Å²) in [6, 6.07) is 7.94. The highest BCUT2D eigenvalue weighted by Gasteiger charge is 2.31. The van der Waals surface area contributed by atoms with E-state index in [9.17, 15) is 4.79 Å². The zero-order valence-corrected chi connectivity index (χ0v) is 11.0. The number of nitrogens with zero attached hydrogens (tertiary/aromatic N) is 4. The van der Waals surface area contributed by atoms with Crippen molar-refractivity contribution in [1.29, 1.82) is 0 Å². The van der Waals surface area contributed by atoms with Gasteiger partial charge in [0.05, 0.1) is 6.54 Å². The van der Waals surface area contributed by atoms with E-state index in [2.05, 4.69) is 21.6 Å². The first-order valence-corrected chi connectivity index (χ1v) is 6.81. The molecule has 1 aromatic heterocycles. The number of benzene rings is 1. The minimum atomic E-state index is -0.151. The Labute approximate surface area is 116 Å². The fourth-order valence-electron chi connectivity index (χ4n) is 2.92. The van der Waals surface area contributed by atoms with E-state index in [1.807, 2.05) is 27.7 Å². The molecular weight excluding hydrogens is 254 g/mol. The number of hydrogen-bond acceptors (Lipinski definition) is 4. The summed E-state index contributed by atoms with van der Waals surface area (Å²) in [5.74, 6) is 1.01. The first-order valence-electron chi connectivity index (χ1n) is 6.81. The second-order valence-electron chi connectivity index (χ2n) is 5.26.